The van der Waals surface area contributed by atoms with Crippen LogP contribution in [0.4, 0.5) is 4.79 Å². The lowest BCUT2D eigenvalue weighted by Gasteiger charge is -2.24. The van der Waals surface area contributed by atoms with E-state index in [0.29, 0.717) is 6.42 Å². The average Bonchev–Trinajstić information content (AvgIpc) is 2.99. The Labute approximate surface area is 177 Å². The second-order valence-corrected chi connectivity index (χ2v) is 9.84. The molecule has 1 aliphatic heterocycles. The van der Waals surface area contributed by atoms with Gasteiger partial charge >= 0.3 is 12.1 Å². The summed E-state index contributed by atoms with van der Waals surface area (Å²) in [4.78, 5) is 25.5. The minimum absolute atomic E-state index is 0.0401. The van der Waals surface area contributed by atoms with Gasteiger partial charge in [0.1, 0.15) is 5.60 Å². The van der Waals surface area contributed by atoms with Crippen LogP contribution in [0.3, 0.4) is 0 Å². The normalized spacial score (nSPS) is 20.0. The quantitative estimate of drug-likeness (QED) is 0.503. The molecular formula is C20H30N2O7S. The van der Waals surface area contributed by atoms with Gasteiger partial charge in [0, 0.05) is 19.1 Å². The molecule has 1 saturated heterocycles. The number of esters is 1. The standard InChI is InChI=1S/C20H30N2O7S/c1-14-6-8-17(9-7-14)30(25,26)29-16-10-15(22(12-16)13-18(23)27-5)11-21-19(24)28-20(2,3)4/h6-9,15-16H,10-13H2,1-5H3,(H,21,24)/t15-,16+/m1/s1. The minimum Gasteiger partial charge on any atom is -0.468 e. The third-order valence-electron chi connectivity index (χ3n) is 4.50. The van der Waals surface area contributed by atoms with Crippen molar-refractivity contribution in [2.75, 3.05) is 26.7 Å². The molecular weight excluding hydrogens is 412 g/mol. The van der Waals surface area contributed by atoms with E-state index < -0.39 is 33.9 Å². The van der Waals surface area contributed by atoms with E-state index >= 15 is 0 Å². The molecule has 1 aliphatic rings. The number of methoxy groups -OCH3 is 1. The lowest BCUT2D eigenvalue weighted by molar-refractivity contribution is -0.142. The van der Waals surface area contributed by atoms with Crippen molar-refractivity contribution < 1.29 is 31.7 Å². The van der Waals surface area contributed by atoms with Gasteiger partial charge in [-0.2, -0.15) is 8.42 Å². The smallest absolute Gasteiger partial charge is 0.407 e. The minimum atomic E-state index is -3.95. The molecule has 2 rings (SSSR count). The number of hydrogen-bond acceptors (Lipinski definition) is 8. The van der Waals surface area contributed by atoms with E-state index in [1.165, 1.54) is 19.2 Å². The molecule has 0 saturated carbocycles. The van der Waals surface area contributed by atoms with Gasteiger partial charge in [-0.3, -0.25) is 13.9 Å². The maximum atomic E-state index is 12.6. The number of aryl methyl sites for hydroxylation is 1. The van der Waals surface area contributed by atoms with Crippen LogP contribution < -0.4 is 5.32 Å². The summed E-state index contributed by atoms with van der Waals surface area (Å²) < 4.78 is 40.5. The first-order valence-electron chi connectivity index (χ1n) is 9.67. The largest absolute Gasteiger partial charge is 0.468 e. The first-order chi connectivity index (χ1) is 13.9. The van der Waals surface area contributed by atoms with Crippen LogP contribution in [-0.2, 0) is 28.6 Å². The molecule has 0 bridgehead atoms. The number of nitrogens with one attached hydrogen (secondary N) is 1. The van der Waals surface area contributed by atoms with Gasteiger partial charge in [0.25, 0.3) is 10.1 Å². The number of rotatable bonds is 7. The van der Waals surface area contributed by atoms with Crippen molar-refractivity contribution in [2.45, 2.75) is 56.8 Å². The number of carbonyl (C=O) groups excluding carboxylic acids is 2. The van der Waals surface area contributed by atoms with Gasteiger partial charge in [-0.1, -0.05) is 17.7 Å². The number of hydrogen-bond donors (Lipinski definition) is 1. The Bertz CT molecular complexity index is 847. The number of amides is 1. The molecule has 1 heterocycles. The van der Waals surface area contributed by atoms with E-state index in [-0.39, 0.29) is 30.6 Å². The predicted octanol–water partition coefficient (Wildman–Crippen LogP) is 1.84. The van der Waals surface area contributed by atoms with Gasteiger partial charge < -0.3 is 14.8 Å². The molecule has 168 valence electrons. The third-order valence-corrected chi connectivity index (χ3v) is 5.88. The predicted molar refractivity (Wildman–Crippen MR) is 109 cm³/mol. The fourth-order valence-electron chi connectivity index (χ4n) is 3.10. The Morgan fingerprint density at radius 3 is 2.40 bits per heavy atom. The van der Waals surface area contributed by atoms with Gasteiger partial charge in [-0.25, -0.2) is 4.79 Å². The van der Waals surface area contributed by atoms with Crippen molar-refractivity contribution in [2.24, 2.45) is 0 Å². The summed E-state index contributed by atoms with van der Waals surface area (Å²) in [7, 11) is -2.67. The highest BCUT2D eigenvalue weighted by molar-refractivity contribution is 7.86. The highest BCUT2D eigenvalue weighted by Gasteiger charge is 2.37. The van der Waals surface area contributed by atoms with E-state index in [1.807, 2.05) is 6.92 Å². The van der Waals surface area contributed by atoms with Gasteiger partial charge in [0.2, 0.25) is 0 Å². The third kappa shape index (κ3) is 7.26. The van der Waals surface area contributed by atoms with Crippen LogP contribution in [-0.4, -0.2) is 69.9 Å². The van der Waals surface area contributed by atoms with E-state index in [1.54, 1.807) is 37.8 Å². The Hall–Kier alpha value is -2.17. The molecule has 9 nitrogen and oxygen atoms in total. The summed E-state index contributed by atoms with van der Waals surface area (Å²) in [5.41, 5.74) is 0.298. The summed E-state index contributed by atoms with van der Waals surface area (Å²) in [6.07, 6.45) is -0.929. The Morgan fingerprint density at radius 1 is 1.20 bits per heavy atom. The number of benzene rings is 1. The highest BCUT2D eigenvalue weighted by atomic mass is 32.2. The number of nitrogens with zero attached hydrogens (tertiary/aromatic N) is 1. The van der Waals surface area contributed by atoms with Crippen LogP contribution in [0.1, 0.15) is 32.8 Å². The second kappa shape index (κ2) is 9.76. The summed E-state index contributed by atoms with van der Waals surface area (Å²) in [6.45, 7) is 7.47. The molecule has 0 spiro atoms. The average molecular weight is 443 g/mol. The number of likely N-dealkylation sites (tertiary alicyclic amines) is 1. The zero-order valence-corrected chi connectivity index (χ0v) is 18.8. The van der Waals surface area contributed by atoms with Crippen LogP contribution in [0.15, 0.2) is 29.2 Å². The maximum Gasteiger partial charge on any atom is 0.407 e. The van der Waals surface area contributed by atoms with E-state index in [9.17, 15) is 18.0 Å². The zero-order chi connectivity index (χ0) is 22.5. The fourth-order valence-corrected chi connectivity index (χ4v) is 4.18. The Balaban J connectivity index is 2.05. The van der Waals surface area contributed by atoms with Crippen LogP contribution >= 0.6 is 0 Å². The van der Waals surface area contributed by atoms with Crippen molar-refractivity contribution in [3.63, 3.8) is 0 Å². The Kier molecular flexibility index (Phi) is 7.84. The molecule has 10 heteroatoms. The molecule has 0 aromatic heterocycles. The van der Waals surface area contributed by atoms with Crippen molar-refractivity contribution in [1.82, 2.24) is 10.2 Å². The summed E-state index contributed by atoms with van der Waals surface area (Å²) in [5.74, 6) is -0.459. The highest BCUT2D eigenvalue weighted by Crippen LogP contribution is 2.24. The molecule has 1 amide bonds. The molecule has 0 unspecified atom stereocenters. The lowest BCUT2D eigenvalue weighted by atomic mass is 10.2. The van der Waals surface area contributed by atoms with Crippen LogP contribution in [0, 0.1) is 6.92 Å². The zero-order valence-electron chi connectivity index (χ0n) is 18.0. The van der Waals surface area contributed by atoms with Gasteiger partial charge in [-0.05, 0) is 46.2 Å². The van der Waals surface area contributed by atoms with Crippen molar-refractivity contribution >= 4 is 22.2 Å². The summed E-state index contributed by atoms with van der Waals surface area (Å²) >= 11 is 0. The molecule has 2 atom stereocenters. The van der Waals surface area contributed by atoms with Crippen molar-refractivity contribution in [3.05, 3.63) is 29.8 Å². The number of ether oxygens (including phenoxy) is 2. The van der Waals surface area contributed by atoms with Crippen molar-refractivity contribution in [3.8, 4) is 0 Å². The monoisotopic (exact) mass is 442 g/mol. The van der Waals surface area contributed by atoms with Gasteiger partial charge in [0.15, 0.2) is 0 Å². The van der Waals surface area contributed by atoms with E-state index in [0.717, 1.165) is 5.56 Å². The fraction of sp³-hybridized carbons (Fsp3) is 0.600. The summed E-state index contributed by atoms with van der Waals surface area (Å²) in [6, 6.07) is 6.07. The van der Waals surface area contributed by atoms with Crippen molar-refractivity contribution in [1.29, 1.82) is 0 Å². The SMILES string of the molecule is COC(=O)CN1C[C@@H](OS(=O)(=O)c2ccc(C)cc2)C[C@@H]1CNC(=O)OC(C)(C)C. The van der Waals surface area contributed by atoms with E-state index in [2.05, 4.69) is 5.32 Å². The Morgan fingerprint density at radius 2 is 1.83 bits per heavy atom. The first kappa shape index (κ1) is 24.1. The molecule has 1 N–H and O–H groups in total. The first-order valence-corrected chi connectivity index (χ1v) is 11.1. The van der Waals surface area contributed by atoms with Crippen LogP contribution in [0.5, 0.6) is 0 Å². The molecule has 0 aliphatic carbocycles. The maximum absolute atomic E-state index is 12.6. The van der Waals surface area contributed by atoms with Gasteiger partial charge in [-0.15, -0.1) is 0 Å². The number of alkyl carbamates (subject to hydrolysis) is 1. The summed E-state index contributed by atoms with van der Waals surface area (Å²) in [5, 5.41) is 2.66. The topological polar surface area (TPSA) is 111 Å². The van der Waals surface area contributed by atoms with Crippen LogP contribution in [0.25, 0.3) is 0 Å². The second-order valence-electron chi connectivity index (χ2n) is 8.26. The number of carbonyl (C=O) groups is 2. The lowest BCUT2D eigenvalue weighted by Crippen LogP contribution is -2.43. The molecule has 0 radical (unpaired) electrons. The molecule has 1 aromatic rings. The molecule has 1 fully saturated rings. The van der Waals surface area contributed by atoms with Crippen LogP contribution in [0.2, 0.25) is 0 Å². The van der Waals surface area contributed by atoms with Gasteiger partial charge in [0.05, 0.1) is 24.7 Å². The molecule has 1 aromatic carbocycles. The van der Waals surface area contributed by atoms with E-state index in [4.69, 9.17) is 13.7 Å². The molecule has 30 heavy (non-hydrogen) atoms.